The Morgan fingerprint density at radius 3 is 2.69 bits per heavy atom. The van der Waals surface area contributed by atoms with Gasteiger partial charge in [0.2, 0.25) is 0 Å². The number of aryl methyl sites for hydroxylation is 1. The van der Waals surface area contributed by atoms with Gasteiger partial charge in [-0.3, -0.25) is 9.48 Å². The molecule has 88 valence electrons. The van der Waals surface area contributed by atoms with Crippen molar-refractivity contribution in [3.63, 3.8) is 0 Å². The van der Waals surface area contributed by atoms with Gasteiger partial charge in [-0.15, -0.1) is 0 Å². The van der Waals surface area contributed by atoms with Gasteiger partial charge in [-0.2, -0.15) is 5.10 Å². The number of hydrogen-bond donors (Lipinski definition) is 0. The van der Waals surface area contributed by atoms with Crippen LogP contribution in [0.4, 0.5) is 0 Å². The summed E-state index contributed by atoms with van der Waals surface area (Å²) < 4.78 is 1.68. The molecule has 0 amide bonds. The Morgan fingerprint density at radius 2 is 2.12 bits per heavy atom. The van der Waals surface area contributed by atoms with E-state index in [1.54, 1.807) is 4.68 Å². The molecule has 4 heteroatoms. The molecule has 1 aromatic heterocycles. The fourth-order valence-electron chi connectivity index (χ4n) is 2.36. The van der Waals surface area contributed by atoms with E-state index < -0.39 is 0 Å². The summed E-state index contributed by atoms with van der Waals surface area (Å²) in [7, 11) is 1.83. The van der Waals surface area contributed by atoms with Crippen LogP contribution >= 0.6 is 0 Å². The standard InChI is InChI=1S/C12H19N3O/c1-9-3-5-10(6-4-9)11(16)7-12-13-8-14-15(12)2/h8-10H,3-7H2,1-2H3. The van der Waals surface area contributed by atoms with Gasteiger partial charge in [0.05, 0.1) is 6.42 Å². The normalized spacial score (nSPS) is 25.6. The quantitative estimate of drug-likeness (QED) is 0.781. The third-order valence-electron chi connectivity index (χ3n) is 3.61. The molecule has 16 heavy (non-hydrogen) atoms. The lowest BCUT2D eigenvalue weighted by atomic mass is 9.80. The minimum Gasteiger partial charge on any atom is -0.299 e. The second-order valence-electron chi connectivity index (χ2n) is 4.90. The highest BCUT2D eigenvalue weighted by atomic mass is 16.1. The Hall–Kier alpha value is -1.19. The van der Waals surface area contributed by atoms with E-state index in [0.29, 0.717) is 12.2 Å². The maximum atomic E-state index is 12.0. The molecule has 0 aromatic carbocycles. The van der Waals surface area contributed by atoms with Crippen LogP contribution in [-0.2, 0) is 18.3 Å². The second kappa shape index (κ2) is 4.76. The summed E-state index contributed by atoms with van der Waals surface area (Å²) in [5, 5.41) is 3.98. The average molecular weight is 221 g/mol. The lowest BCUT2D eigenvalue weighted by molar-refractivity contribution is -0.123. The Bertz CT molecular complexity index is 364. The van der Waals surface area contributed by atoms with Crippen LogP contribution in [0.5, 0.6) is 0 Å². The number of carbonyl (C=O) groups is 1. The molecule has 0 radical (unpaired) electrons. The molecule has 1 heterocycles. The lowest BCUT2D eigenvalue weighted by Gasteiger charge is -2.24. The molecule has 1 saturated carbocycles. The number of Topliss-reactive ketones (excluding diaryl/α,β-unsaturated/α-hetero) is 1. The zero-order valence-electron chi connectivity index (χ0n) is 10.0. The van der Waals surface area contributed by atoms with Crippen LogP contribution < -0.4 is 0 Å². The molecule has 0 spiro atoms. The summed E-state index contributed by atoms with van der Waals surface area (Å²) in [4.78, 5) is 16.1. The van der Waals surface area contributed by atoms with Gasteiger partial charge >= 0.3 is 0 Å². The van der Waals surface area contributed by atoms with Crippen molar-refractivity contribution in [2.24, 2.45) is 18.9 Å². The first kappa shape index (κ1) is 11.3. The summed E-state index contributed by atoms with van der Waals surface area (Å²) in [5.41, 5.74) is 0. The Balaban J connectivity index is 1.91. The van der Waals surface area contributed by atoms with Crippen molar-refractivity contribution in [1.82, 2.24) is 14.8 Å². The number of ketones is 1. The molecular formula is C12H19N3O. The maximum absolute atomic E-state index is 12.0. The van der Waals surface area contributed by atoms with Crippen LogP contribution in [0.25, 0.3) is 0 Å². The van der Waals surface area contributed by atoms with Crippen LogP contribution in [0.15, 0.2) is 6.33 Å². The summed E-state index contributed by atoms with van der Waals surface area (Å²) in [6, 6.07) is 0. The van der Waals surface area contributed by atoms with E-state index in [2.05, 4.69) is 17.0 Å². The van der Waals surface area contributed by atoms with Gasteiger partial charge in [-0.25, -0.2) is 4.98 Å². The van der Waals surface area contributed by atoms with Crippen LogP contribution in [0, 0.1) is 11.8 Å². The Labute approximate surface area is 96.1 Å². The third-order valence-corrected chi connectivity index (χ3v) is 3.61. The molecule has 1 aliphatic rings. The number of aromatic nitrogens is 3. The minimum absolute atomic E-state index is 0.257. The van der Waals surface area contributed by atoms with E-state index in [1.807, 2.05) is 7.05 Å². The molecule has 0 unspecified atom stereocenters. The van der Waals surface area contributed by atoms with Gasteiger partial charge in [0.1, 0.15) is 17.9 Å². The summed E-state index contributed by atoms with van der Waals surface area (Å²) in [6.07, 6.45) is 6.43. The molecule has 0 saturated heterocycles. The van der Waals surface area contributed by atoms with E-state index >= 15 is 0 Å². The van der Waals surface area contributed by atoms with E-state index in [0.717, 1.165) is 24.6 Å². The number of hydrogen-bond acceptors (Lipinski definition) is 3. The molecule has 0 atom stereocenters. The molecule has 0 aliphatic heterocycles. The Kier molecular flexibility index (Phi) is 3.36. The minimum atomic E-state index is 0.257. The van der Waals surface area contributed by atoms with Crippen molar-refractivity contribution >= 4 is 5.78 Å². The predicted molar refractivity (Wildman–Crippen MR) is 60.8 cm³/mol. The van der Waals surface area contributed by atoms with Gasteiger partial charge in [-0.05, 0) is 18.8 Å². The summed E-state index contributed by atoms with van der Waals surface area (Å²) >= 11 is 0. The van der Waals surface area contributed by atoms with Gasteiger partial charge in [0, 0.05) is 13.0 Å². The van der Waals surface area contributed by atoms with Crippen molar-refractivity contribution in [2.45, 2.75) is 39.0 Å². The molecule has 4 nitrogen and oxygen atoms in total. The van der Waals surface area contributed by atoms with Crippen LogP contribution in [0.1, 0.15) is 38.4 Å². The highest BCUT2D eigenvalue weighted by Crippen LogP contribution is 2.29. The van der Waals surface area contributed by atoms with Crippen molar-refractivity contribution in [1.29, 1.82) is 0 Å². The van der Waals surface area contributed by atoms with E-state index in [1.165, 1.54) is 19.2 Å². The number of rotatable bonds is 3. The maximum Gasteiger partial charge on any atom is 0.143 e. The molecule has 2 rings (SSSR count). The van der Waals surface area contributed by atoms with Gasteiger partial charge in [-0.1, -0.05) is 19.8 Å². The van der Waals surface area contributed by atoms with Crippen molar-refractivity contribution in [2.75, 3.05) is 0 Å². The predicted octanol–water partition coefficient (Wildman–Crippen LogP) is 1.75. The summed E-state index contributed by atoms with van der Waals surface area (Å²) in [5.74, 6) is 2.17. The van der Waals surface area contributed by atoms with Crippen LogP contribution in [-0.4, -0.2) is 20.5 Å². The Morgan fingerprint density at radius 1 is 1.44 bits per heavy atom. The fourth-order valence-corrected chi connectivity index (χ4v) is 2.36. The van der Waals surface area contributed by atoms with Gasteiger partial charge < -0.3 is 0 Å². The third kappa shape index (κ3) is 2.49. The molecule has 0 N–H and O–H groups in total. The van der Waals surface area contributed by atoms with E-state index in [4.69, 9.17) is 0 Å². The molecule has 1 fully saturated rings. The number of nitrogens with zero attached hydrogens (tertiary/aromatic N) is 3. The van der Waals surface area contributed by atoms with Gasteiger partial charge in [0.15, 0.2) is 0 Å². The van der Waals surface area contributed by atoms with Crippen LogP contribution in [0.2, 0.25) is 0 Å². The monoisotopic (exact) mass is 221 g/mol. The van der Waals surface area contributed by atoms with Crippen molar-refractivity contribution in [3.05, 3.63) is 12.2 Å². The highest BCUT2D eigenvalue weighted by molar-refractivity contribution is 5.82. The zero-order chi connectivity index (χ0) is 11.5. The van der Waals surface area contributed by atoms with E-state index in [-0.39, 0.29) is 5.92 Å². The topological polar surface area (TPSA) is 47.8 Å². The molecule has 0 bridgehead atoms. The fraction of sp³-hybridized carbons (Fsp3) is 0.750. The first-order chi connectivity index (χ1) is 7.66. The molecular weight excluding hydrogens is 202 g/mol. The summed E-state index contributed by atoms with van der Waals surface area (Å²) in [6.45, 7) is 2.27. The first-order valence-electron chi connectivity index (χ1n) is 6.02. The average Bonchev–Trinajstić information content (AvgIpc) is 2.65. The second-order valence-corrected chi connectivity index (χ2v) is 4.90. The smallest absolute Gasteiger partial charge is 0.143 e. The largest absolute Gasteiger partial charge is 0.299 e. The van der Waals surface area contributed by atoms with E-state index in [9.17, 15) is 4.79 Å². The molecule has 1 aromatic rings. The zero-order valence-corrected chi connectivity index (χ0v) is 10.0. The first-order valence-corrected chi connectivity index (χ1v) is 6.02. The number of carbonyl (C=O) groups excluding carboxylic acids is 1. The SMILES string of the molecule is CC1CCC(C(=O)Cc2ncnn2C)CC1. The van der Waals surface area contributed by atoms with Crippen LogP contribution in [0.3, 0.4) is 0 Å². The van der Waals surface area contributed by atoms with Crippen molar-refractivity contribution in [3.8, 4) is 0 Å². The highest BCUT2D eigenvalue weighted by Gasteiger charge is 2.24. The lowest BCUT2D eigenvalue weighted by Crippen LogP contribution is -2.23. The van der Waals surface area contributed by atoms with Gasteiger partial charge in [0.25, 0.3) is 0 Å². The molecule has 1 aliphatic carbocycles. The van der Waals surface area contributed by atoms with Crippen molar-refractivity contribution < 1.29 is 4.79 Å².